The van der Waals surface area contributed by atoms with Gasteiger partial charge in [-0.1, -0.05) is 45.0 Å². The topological polar surface area (TPSA) is 73.1 Å². The number of aliphatic hydroxyl groups is 1. The molecule has 0 saturated heterocycles. The monoisotopic (exact) mass is 302 g/mol. The third-order valence-corrected chi connectivity index (χ3v) is 3.61. The molecule has 4 heteroatoms. The maximum absolute atomic E-state index is 11.7. The summed E-state index contributed by atoms with van der Waals surface area (Å²) in [6.45, 7) is 8.23. The Bertz CT molecular complexity index is 524. The lowest BCUT2D eigenvalue weighted by Crippen LogP contribution is -2.32. The van der Waals surface area contributed by atoms with Crippen LogP contribution in [-0.4, -0.2) is 17.1 Å². The first-order valence-electron chi connectivity index (χ1n) is 7.69. The number of hydrogen-bond acceptors (Lipinski definition) is 3. The second-order valence-corrected chi connectivity index (χ2v) is 6.76. The van der Waals surface area contributed by atoms with Crippen molar-refractivity contribution in [3.05, 3.63) is 35.4 Å². The van der Waals surface area contributed by atoms with E-state index in [9.17, 15) is 9.90 Å². The van der Waals surface area contributed by atoms with Gasteiger partial charge in [0.2, 0.25) is 5.91 Å². The highest BCUT2D eigenvalue weighted by Gasteiger charge is 2.15. The molecule has 1 aromatic carbocycles. The van der Waals surface area contributed by atoms with Gasteiger partial charge in [-0.15, -0.1) is 0 Å². The molecule has 1 amide bonds. The van der Waals surface area contributed by atoms with Gasteiger partial charge in [0.25, 0.3) is 0 Å². The van der Waals surface area contributed by atoms with Gasteiger partial charge in [-0.3, -0.25) is 4.79 Å². The minimum absolute atomic E-state index is 0.0836. The molecule has 0 heterocycles. The zero-order valence-corrected chi connectivity index (χ0v) is 13.9. The van der Waals surface area contributed by atoms with Crippen LogP contribution in [0.15, 0.2) is 24.3 Å². The summed E-state index contributed by atoms with van der Waals surface area (Å²) in [5, 5.41) is 21.5. The summed E-state index contributed by atoms with van der Waals surface area (Å²) in [6.07, 6.45) is 0.270. The van der Waals surface area contributed by atoms with Crippen LogP contribution in [-0.2, 0) is 10.2 Å². The van der Waals surface area contributed by atoms with Gasteiger partial charge >= 0.3 is 0 Å². The summed E-state index contributed by atoms with van der Waals surface area (Å²) >= 11 is 0. The van der Waals surface area contributed by atoms with Gasteiger partial charge in [0.05, 0.1) is 18.6 Å². The van der Waals surface area contributed by atoms with Gasteiger partial charge in [-0.25, -0.2) is 0 Å². The Balaban J connectivity index is 2.50. The van der Waals surface area contributed by atoms with Crippen LogP contribution in [0.4, 0.5) is 0 Å². The van der Waals surface area contributed by atoms with E-state index in [1.165, 1.54) is 5.56 Å². The van der Waals surface area contributed by atoms with Gasteiger partial charge < -0.3 is 10.4 Å². The summed E-state index contributed by atoms with van der Waals surface area (Å²) in [7, 11) is 0. The van der Waals surface area contributed by atoms with Crippen LogP contribution in [0.2, 0.25) is 0 Å². The van der Waals surface area contributed by atoms with Gasteiger partial charge in [-0.05, 0) is 29.9 Å². The van der Waals surface area contributed by atoms with E-state index in [4.69, 9.17) is 5.26 Å². The quantitative estimate of drug-likeness (QED) is 0.847. The van der Waals surface area contributed by atoms with Crippen LogP contribution in [0, 0.1) is 11.3 Å². The molecular formula is C18H26N2O2. The molecule has 4 nitrogen and oxygen atoms in total. The van der Waals surface area contributed by atoms with E-state index in [0.29, 0.717) is 12.8 Å². The molecule has 0 radical (unpaired) electrons. The van der Waals surface area contributed by atoms with E-state index in [1.807, 2.05) is 30.3 Å². The van der Waals surface area contributed by atoms with E-state index < -0.39 is 6.10 Å². The van der Waals surface area contributed by atoms with Gasteiger partial charge in [0.15, 0.2) is 0 Å². The van der Waals surface area contributed by atoms with Crippen LogP contribution < -0.4 is 5.32 Å². The van der Waals surface area contributed by atoms with Gasteiger partial charge in [-0.2, -0.15) is 5.26 Å². The fourth-order valence-electron chi connectivity index (χ4n) is 2.17. The fraction of sp³-hybridized carbons (Fsp3) is 0.556. The number of carbonyl (C=O) groups excluding carboxylic acids is 1. The van der Waals surface area contributed by atoms with Crippen molar-refractivity contribution in [2.24, 2.45) is 0 Å². The lowest BCUT2D eigenvalue weighted by molar-refractivity contribution is -0.122. The number of hydrogen-bond donors (Lipinski definition) is 2. The van der Waals surface area contributed by atoms with Crippen LogP contribution in [0.1, 0.15) is 64.2 Å². The molecule has 0 aliphatic carbocycles. The largest absolute Gasteiger partial charge is 0.388 e. The van der Waals surface area contributed by atoms with Gasteiger partial charge in [0, 0.05) is 12.5 Å². The lowest BCUT2D eigenvalue weighted by Gasteiger charge is -2.20. The maximum Gasteiger partial charge on any atom is 0.220 e. The zero-order valence-electron chi connectivity index (χ0n) is 13.9. The third-order valence-electron chi connectivity index (χ3n) is 3.61. The van der Waals surface area contributed by atoms with Crippen molar-refractivity contribution < 1.29 is 9.90 Å². The number of nitrogens with one attached hydrogen (secondary N) is 1. The predicted molar refractivity (Wildman–Crippen MR) is 87.2 cm³/mol. The first-order chi connectivity index (χ1) is 10.2. The summed E-state index contributed by atoms with van der Waals surface area (Å²) in [4.78, 5) is 11.7. The van der Waals surface area contributed by atoms with Crippen molar-refractivity contribution in [2.75, 3.05) is 0 Å². The Morgan fingerprint density at radius 2 is 1.91 bits per heavy atom. The number of benzene rings is 1. The number of nitriles is 1. The Hall–Kier alpha value is -1.86. The van der Waals surface area contributed by atoms with E-state index in [0.717, 1.165) is 5.56 Å². The van der Waals surface area contributed by atoms with Crippen molar-refractivity contribution in [1.82, 2.24) is 5.32 Å². The molecule has 0 saturated carbocycles. The molecule has 0 aliphatic rings. The standard InChI is InChI=1S/C18H26N2O2/c1-13(11-12-19)20-17(22)10-9-16(21)14-5-7-15(8-6-14)18(2,3)4/h5-8,13,16,21H,9-11H2,1-4H3,(H,20,22)/t13-,16+/m0/s1. The van der Waals surface area contributed by atoms with E-state index in [1.54, 1.807) is 6.92 Å². The minimum Gasteiger partial charge on any atom is -0.388 e. The smallest absolute Gasteiger partial charge is 0.220 e. The normalized spacial score (nSPS) is 14.0. The number of nitrogens with zero attached hydrogens (tertiary/aromatic N) is 1. The highest BCUT2D eigenvalue weighted by atomic mass is 16.3. The average molecular weight is 302 g/mol. The Kier molecular flexibility index (Phi) is 6.58. The summed E-state index contributed by atoms with van der Waals surface area (Å²) in [5.41, 5.74) is 2.12. The maximum atomic E-state index is 11.7. The summed E-state index contributed by atoms with van der Waals surface area (Å²) in [6, 6.07) is 9.74. The van der Waals surface area contributed by atoms with Crippen LogP contribution in [0.25, 0.3) is 0 Å². The summed E-state index contributed by atoms with van der Waals surface area (Å²) in [5.74, 6) is -0.131. The van der Waals surface area contributed by atoms with E-state index in [2.05, 4.69) is 26.1 Å². The van der Waals surface area contributed by atoms with E-state index in [-0.39, 0.29) is 23.8 Å². The first kappa shape index (κ1) is 18.2. The van der Waals surface area contributed by atoms with Crippen molar-refractivity contribution in [3.8, 4) is 6.07 Å². The zero-order chi connectivity index (χ0) is 16.8. The molecule has 0 fully saturated rings. The second kappa shape index (κ2) is 7.95. The molecular weight excluding hydrogens is 276 g/mol. The van der Waals surface area contributed by atoms with Crippen molar-refractivity contribution in [2.45, 2.75) is 64.5 Å². The highest BCUT2D eigenvalue weighted by molar-refractivity contribution is 5.76. The number of aliphatic hydroxyl groups excluding tert-OH is 1. The second-order valence-electron chi connectivity index (χ2n) is 6.76. The molecule has 1 aromatic rings. The molecule has 2 N–H and O–H groups in total. The Labute approximate surface area is 133 Å². The Morgan fingerprint density at radius 1 is 1.32 bits per heavy atom. The van der Waals surface area contributed by atoms with Gasteiger partial charge in [0.1, 0.15) is 0 Å². The highest BCUT2D eigenvalue weighted by Crippen LogP contribution is 2.25. The van der Waals surface area contributed by atoms with Crippen LogP contribution in [0.5, 0.6) is 0 Å². The first-order valence-corrected chi connectivity index (χ1v) is 7.69. The molecule has 120 valence electrons. The minimum atomic E-state index is -0.647. The Morgan fingerprint density at radius 3 is 2.41 bits per heavy atom. The average Bonchev–Trinajstić information content (AvgIpc) is 2.44. The van der Waals surface area contributed by atoms with Crippen LogP contribution >= 0.6 is 0 Å². The molecule has 0 bridgehead atoms. The lowest BCUT2D eigenvalue weighted by atomic mass is 9.86. The molecule has 1 rings (SSSR count). The fourth-order valence-corrected chi connectivity index (χ4v) is 2.17. The SMILES string of the molecule is C[C@@H](CC#N)NC(=O)CC[C@@H](O)c1ccc(C(C)(C)C)cc1. The number of carbonyl (C=O) groups is 1. The third kappa shape index (κ3) is 5.87. The van der Waals surface area contributed by atoms with Crippen LogP contribution in [0.3, 0.4) is 0 Å². The predicted octanol–water partition coefficient (Wildman–Crippen LogP) is 3.22. The molecule has 0 aliphatic heterocycles. The van der Waals surface area contributed by atoms with Crippen molar-refractivity contribution >= 4 is 5.91 Å². The number of rotatable bonds is 6. The summed E-state index contributed by atoms with van der Waals surface area (Å²) < 4.78 is 0. The van der Waals surface area contributed by atoms with Crippen molar-refractivity contribution in [1.29, 1.82) is 5.26 Å². The molecule has 0 unspecified atom stereocenters. The molecule has 0 spiro atoms. The molecule has 22 heavy (non-hydrogen) atoms. The molecule has 2 atom stereocenters. The number of amides is 1. The van der Waals surface area contributed by atoms with E-state index >= 15 is 0 Å². The molecule has 0 aromatic heterocycles. The van der Waals surface area contributed by atoms with Crippen molar-refractivity contribution in [3.63, 3.8) is 0 Å².